The summed E-state index contributed by atoms with van der Waals surface area (Å²) >= 11 is 0. The maximum absolute atomic E-state index is 12.2. The van der Waals surface area contributed by atoms with Gasteiger partial charge in [0.25, 0.3) is 0 Å². The van der Waals surface area contributed by atoms with E-state index in [4.69, 9.17) is 0 Å². The highest BCUT2D eigenvalue weighted by Crippen LogP contribution is 2.27. The van der Waals surface area contributed by atoms with E-state index < -0.39 is 9.84 Å². The van der Waals surface area contributed by atoms with E-state index in [9.17, 15) is 8.42 Å². The zero-order valence-corrected chi connectivity index (χ0v) is 18.6. The fourth-order valence-electron chi connectivity index (χ4n) is 3.28. The first kappa shape index (κ1) is 21.5. The van der Waals surface area contributed by atoms with E-state index in [1.54, 1.807) is 43.5 Å². The third-order valence-electron chi connectivity index (χ3n) is 4.86. The number of aromatic nitrogens is 3. The molecule has 162 valence electrons. The molecule has 0 fully saturated rings. The van der Waals surface area contributed by atoms with Gasteiger partial charge < -0.3 is 10.6 Å². The monoisotopic (exact) mass is 445 g/mol. The van der Waals surface area contributed by atoms with Gasteiger partial charge in [-0.25, -0.2) is 18.4 Å². The summed E-state index contributed by atoms with van der Waals surface area (Å²) in [7, 11) is -3.28. The minimum atomic E-state index is -3.28. The number of sulfone groups is 1. The van der Waals surface area contributed by atoms with Gasteiger partial charge in [-0.2, -0.15) is 0 Å². The van der Waals surface area contributed by atoms with Crippen LogP contribution < -0.4 is 10.6 Å². The van der Waals surface area contributed by atoms with Crippen molar-refractivity contribution >= 4 is 32.8 Å². The van der Waals surface area contributed by atoms with Crippen LogP contribution in [-0.2, 0) is 9.84 Å². The third kappa shape index (κ3) is 5.09. The van der Waals surface area contributed by atoms with E-state index in [1.165, 1.54) is 6.33 Å². The van der Waals surface area contributed by atoms with Crippen LogP contribution in [0.2, 0.25) is 0 Å². The van der Waals surface area contributed by atoms with Crippen molar-refractivity contribution in [1.82, 2.24) is 15.0 Å². The van der Waals surface area contributed by atoms with Crippen molar-refractivity contribution < 1.29 is 8.42 Å². The van der Waals surface area contributed by atoms with Crippen LogP contribution in [0.5, 0.6) is 0 Å². The normalized spacial score (nSPS) is 11.2. The first-order chi connectivity index (χ1) is 15.4. The molecular formula is C24H23N5O2S. The Balaban J connectivity index is 1.56. The highest BCUT2D eigenvalue weighted by Gasteiger charge is 2.12. The van der Waals surface area contributed by atoms with E-state index in [-0.39, 0.29) is 10.6 Å². The standard InChI is InChI=1S/C24H23N5O2S/c1-3-32(30,31)22-8-4-7-20(13-22)28-23-14-24(27-16-26-23)29-21-11-17(2)10-19(12-21)18-6-5-9-25-15-18/h4-16H,3H2,1-2H3,(H2,26,27,28,29). The Morgan fingerprint density at radius 1 is 0.844 bits per heavy atom. The molecule has 0 spiro atoms. The van der Waals surface area contributed by atoms with Gasteiger partial charge in [0, 0.05) is 35.4 Å². The number of nitrogens with zero attached hydrogens (tertiary/aromatic N) is 3. The Bertz CT molecular complexity index is 1340. The largest absolute Gasteiger partial charge is 0.340 e. The summed E-state index contributed by atoms with van der Waals surface area (Å²) in [6, 6.07) is 18.6. The Hall–Kier alpha value is -3.78. The lowest BCUT2D eigenvalue weighted by molar-refractivity contribution is 0.597. The van der Waals surface area contributed by atoms with Gasteiger partial charge in [0.05, 0.1) is 10.6 Å². The van der Waals surface area contributed by atoms with Crippen molar-refractivity contribution in [3.8, 4) is 11.1 Å². The number of hydrogen-bond acceptors (Lipinski definition) is 7. The van der Waals surface area contributed by atoms with Gasteiger partial charge in [-0.3, -0.25) is 4.98 Å². The van der Waals surface area contributed by atoms with Crippen molar-refractivity contribution in [2.45, 2.75) is 18.7 Å². The van der Waals surface area contributed by atoms with Crippen molar-refractivity contribution in [2.75, 3.05) is 16.4 Å². The Labute approximate surface area is 187 Å². The van der Waals surface area contributed by atoms with Crippen LogP contribution >= 0.6 is 0 Å². The zero-order valence-electron chi connectivity index (χ0n) is 17.8. The lowest BCUT2D eigenvalue weighted by Crippen LogP contribution is -2.04. The van der Waals surface area contributed by atoms with E-state index in [1.807, 2.05) is 37.4 Å². The smallest absolute Gasteiger partial charge is 0.178 e. The van der Waals surface area contributed by atoms with Crippen LogP contribution in [0.1, 0.15) is 12.5 Å². The van der Waals surface area contributed by atoms with Gasteiger partial charge in [-0.05, 0) is 54.4 Å². The first-order valence-electron chi connectivity index (χ1n) is 10.1. The van der Waals surface area contributed by atoms with Gasteiger partial charge in [-0.1, -0.05) is 25.1 Å². The molecule has 7 nitrogen and oxygen atoms in total. The molecule has 2 aromatic carbocycles. The first-order valence-corrected chi connectivity index (χ1v) is 11.8. The number of hydrogen-bond donors (Lipinski definition) is 2. The Kier molecular flexibility index (Phi) is 6.13. The average Bonchev–Trinajstić information content (AvgIpc) is 2.80. The lowest BCUT2D eigenvalue weighted by Gasteiger charge is -2.12. The summed E-state index contributed by atoms with van der Waals surface area (Å²) in [5.74, 6) is 1.21. The van der Waals surface area contributed by atoms with Crippen LogP contribution in [0.4, 0.5) is 23.0 Å². The summed E-state index contributed by atoms with van der Waals surface area (Å²) in [4.78, 5) is 13.0. The zero-order chi connectivity index (χ0) is 22.6. The molecular weight excluding hydrogens is 422 g/mol. The van der Waals surface area contributed by atoms with E-state index in [0.717, 1.165) is 22.4 Å². The van der Waals surface area contributed by atoms with Gasteiger partial charge >= 0.3 is 0 Å². The van der Waals surface area contributed by atoms with Gasteiger partial charge in [0.15, 0.2) is 9.84 Å². The summed E-state index contributed by atoms with van der Waals surface area (Å²) in [5.41, 5.74) is 4.73. The molecule has 0 aliphatic rings. The van der Waals surface area contributed by atoms with Gasteiger partial charge in [-0.15, -0.1) is 0 Å². The molecule has 0 aliphatic heterocycles. The Morgan fingerprint density at radius 3 is 2.34 bits per heavy atom. The molecule has 0 atom stereocenters. The molecule has 2 heterocycles. The number of benzene rings is 2. The molecule has 0 radical (unpaired) electrons. The summed E-state index contributed by atoms with van der Waals surface area (Å²) in [6.07, 6.45) is 5.04. The van der Waals surface area contributed by atoms with Crippen LogP contribution in [0.15, 0.2) is 84.3 Å². The van der Waals surface area contributed by atoms with Gasteiger partial charge in [0.2, 0.25) is 0 Å². The molecule has 0 saturated heterocycles. The van der Waals surface area contributed by atoms with Crippen molar-refractivity contribution in [1.29, 1.82) is 0 Å². The molecule has 0 aliphatic carbocycles. The second-order valence-electron chi connectivity index (χ2n) is 7.30. The minimum absolute atomic E-state index is 0.0511. The van der Waals surface area contributed by atoms with E-state index >= 15 is 0 Å². The molecule has 8 heteroatoms. The molecule has 4 rings (SSSR count). The lowest BCUT2D eigenvalue weighted by atomic mass is 10.0. The number of pyridine rings is 1. The van der Waals surface area contributed by atoms with E-state index in [2.05, 4.69) is 31.7 Å². The van der Waals surface area contributed by atoms with Gasteiger partial charge in [0.1, 0.15) is 18.0 Å². The summed E-state index contributed by atoms with van der Waals surface area (Å²) < 4.78 is 24.3. The predicted octanol–water partition coefficient (Wildman–Crippen LogP) is 5.13. The molecule has 2 aromatic heterocycles. The molecule has 0 bridgehead atoms. The summed E-state index contributed by atoms with van der Waals surface area (Å²) in [6.45, 7) is 3.66. The average molecular weight is 446 g/mol. The third-order valence-corrected chi connectivity index (χ3v) is 6.59. The second kappa shape index (κ2) is 9.15. The van der Waals surface area contributed by atoms with E-state index in [0.29, 0.717) is 17.3 Å². The fraction of sp³-hybridized carbons (Fsp3) is 0.125. The number of aryl methyl sites for hydroxylation is 1. The molecule has 32 heavy (non-hydrogen) atoms. The van der Waals surface area contributed by atoms with Crippen LogP contribution in [0.25, 0.3) is 11.1 Å². The van der Waals surface area contributed by atoms with Crippen LogP contribution in [0.3, 0.4) is 0 Å². The van der Waals surface area contributed by atoms with Crippen molar-refractivity contribution in [2.24, 2.45) is 0 Å². The fourth-order valence-corrected chi connectivity index (χ4v) is 4.20. The maximum atomic E-state index is 12.2. The molecule has 0 amide bonds. The second-order valence-corrected chi connectivity index (χ2v) is 9.58. The molecule has 4 aromatic rings. The predicted molar refractivity (Wildman–Crippen MR) is 127 cm³/mol. The summed E-state index contributed by atoms with van der Waals surface area (Å²) in [5, 5.41) is 6.47. The number of rotatable bonds is 7. The highest BCUT2D eigenvalue weighted by atomic mass is 32.2. The quantitative estimate of drug-likeness (QED) is 0.407. The Morgan fingerprint density at radius 2 is 1.62 bits per heavy atom. The highest BCUT2D eigenvalue weighted by molar-refractivity contribution is 7.91. The number of anilines is 4. The number of nitrogens with one attached hydrogen (secondary N) is 2. The van der Waals surface area contributed by atoms with Crippen LogP contribution in [0, 0.1) is 6.92 Å². The molecule has 0 saturated carbocycles. The molecule has 2 N–H and O–H groups in total. The van der Waals surface area contributed by atoms with Crippen LogP contribution in [-0.4, -0.2) is 29.1 Å². The minimum Gasteiger partial charge on any atom is -0.340 e. The maximum Gasteiger partial charge on any atom is 0.178 e. The van der Waals surface area contributed by atoms with Crippen molar-refractivity contribution in [3.63, 3.8) is 0 Å². The molecule has 0 unspecified atom stereocenters. The topological polar surface area (TPSA) is 96.9 Å². The van der Waals surface area contributed by atoms with Crippen molar-refractivity contribution in [3.05, 3.63) is 84.9 Å². The SMILES string of the molecule is CCS(=O)(=O)c1cccc(Nc2cc(Nc3cc(C)cc(-c4cccnc4)c3)ncn2)c1.